The first-order chi connectivity index (χ1) is 5.33. The van der Waals surface area contributed by atoms with Crippen LogP contribution in [0.1, 0.15) is 19.3 Å². The van der Waals surface area contributed by atoms with E-state index in [1.807, 2.05) is 0 Å². The highest BCUT2D eigenvalue weighted by atomic mass is 16.5. The van der Waals surface area contributed by atoms with Gasteiger partial charge in [0.25, 0.3) is 0 Å². The molecule has 2 nitrogen and oxygen atoms in total. The van der Waals surface area contributed by atoms with E-state index in [4.69, 9.17) is 11.2 Å². The number of hydrogen-bond donors (Lipinski definition) is 1. The minimum Gasteiger partial charge on any atom is -0.392 e. The monoisotopic (exact) mass is 154 g/mol. The number of aliphatic hydroxyl groups is 1. The molecule has 0 aliphatic carbocycles. The van der Waals surface area contributed by atoms with Gasteiger partial charge in [-0.2, -0.15) is 0 Å². The first-order valence-corrected chi connectivity index (χ1v) is 4.02. The number of aliphatic hydroxyl groups excluding tert-OH is 1. The van der Waals surface area contributed by atoms with Crippen LogP contribution >= 0.6 is 0 Å². The number of terminal acetylenes is 1. The third-order valence-corrected chi connectivity index (χ3v) is 1.98. The minimum atomic E-state index is -0.327. The first kappa shape index (κ1) is 8.58. The van der Waals surface area contributed by atoms with E-state index in [9.17, 15) is 5.11 Å². The van der Waals surface area contributed by atoms with Crippen LogP contribution < -0.4 is 0 Å². The summed E-state index contributed by atoms with van der Waals surface area (Å²) in [5, 5.41) is 9.31. The van der Waals surface area contributed by atoms with Crippen molar-refractivity contribution in [3.05, 3.63) is 0 Å². The van der Waals surface area contributed by atoms with Crippen LogP contribution in [0.25, 0.3) is 0 Å². The van der Waals surface area contributed by atoms with Crippen molar-refractivity contribution < 1.29 is 9.84 Å². The SMILES string of the molecule is C#CCC(O)CC1CCOC1. The molecule has 0 radical (unpaired) electrons. The van der Waals surface area contributed by atoms with Gasteiger partial charge in [0, 0.05) is 19.6 Å². The Kier molecular flexibility index (Phi) is 3.41. The summed E-state index contributed by atoms with van der Waals surface area (Å²) in [5.41, 5.74) is 0. The molecule has 0 amide bonds. The Morgan fingerprint density at radius 2 is 2.55 bits per heavy atom. The summed E-state index contributed by atoms with van der Waals surface area (Å²) in [7, 11) is 0. The minimum absolute atomic E-state index is 0.327. The molecule has 1 saturated heterocycles. The zero-order valence-electron chi connectivity index (χ0n) is 6.62. The molecule has 0 aromatic heterocycles. The summed E-state index contributed by atoms with van der Waals surface area (Å²) >= 11 is 0. The highest BCUT2D eigenvalue weighted by Gasteiger charge is 2.18. The largest absolute Gasteiger partial charge is 0.392 e. The molecule has 0 spiro atoms. The van der Waals surface area contributed by atoms with Gasteiger partial charge < -0.3 is 9.84 Å². The summed E-state index contributed by atoms with van der Waals surface area (Å²) in [6, 6.07) is 0. The number of rotatable bonds is 3. The average Bonchev–Trinajstić information content (AvgIpc) is 2.40. The van der Waals surface area contributed by atoms with Crippen molar-refractivity contribution in [3.63, 3.8) is 0 Å². The quantitative estimate of drug-likeness (QED) is 0.609. The number of ether oxygens (including phenoxy) is 1. The van der Waals surface area contributed by atoms with E-state index in [0.29, 0.717) is 12.3 Å². The van der Waals surface area contributed by atoms with Gasteiger partial charge in [-0.05, 0) is 18.8 Å². The Balaban J connectivity index is 2.14. The summed E-state index contributed by atoms with van der Waals surface area (Å²) in [6.45, 7) is 1.63. The van der Waals surface area contributed by atoms with E-state index in [2.05, 4.69) is 5.92 Å². The molecule has 1 aliphatic rings. The highest BCUT2D eigenvalue weighted by Crippen LogP contribution is 2.18. The van der Waals surface area contributed by atoms with Crippen LogP contribution in [-0.4, -0.2) is 24.4 Å². The molecule has 62 valence electrons. The van der Waals surface area contributed by atoms with E-state index < -0.39 is 0 Å². The zero-order valence-corrected chi connectivity index (χ0v) is 6.62. The zero-order chi connectivity index (χ0) is 8.10. The molecular weight excluding hydrogens is 140 g/mol. The fraction of sp³-hybridized carbons (Fsp3) is 0.778. The van der Waals surface area contributed by atoms with Gasteiger partial charge in [-0.15, -0.1) is 12.3 Å². The van der Waals surface area contributed by atoms with Crippen LogP contribution in [0.5, 0.6) is 0 Å². The van der Waals surface area contributed by atoms with Crippen molar-refractivity contribution >= 4 is 0 Å². The van der Waals surface area contributed by atoms with E-state index >= 15 is 0 Å². The Hall–Kier alpha value is -0.520. The van der Waals surface area contributed by atoms with Crippen LogP contribution in [0, 0.1) is 18.3 Å². The van der Waals surface area contributed by atoms with E-state index in [0.717, 1.165) is 26.1 Å². The van der Waals surface area contributed by atoms with Crippen LogP contribution in [0.3, 0.4) is 0 Å². The highest BCUT2D eigenvalue weighted by molar-refractivity contribution is 4.87. The molecule has 0 aromatic carbocycles. The Labute approximate surface area is 67.6 Å². The Morgan fingerprint density at radius 3 is 3.09 bits per heavy atom. The fourth-order valence-electron chi connectivity index (χ4n) is 1.37. The van der Waals surface area contributed by atoms with Gasteiger partial charge in [-0.1, -0.05) is 0 Å². The van der Waals surface area contributed by atoms with Crippen molar-refractivity contribution in [1.82, 2.24) is 0 Å². The molecule has 0 aromatic rings. The molecule has 2 heteroatoms. The standard InChI is InChI=1S/C9H14O2/c1-2-3-9(10)6-8-4-5-11-7-8/h1,8-10H,3-7H2. The summed E-state index contributed by atoms with van der Waals surface area (Å²) in [4.78, 5) is 0. The second-order valence-electron chi connectivity index (χ2n) is 3.03. The molecule has 1 aliphatic heterocycles. The van der Waals surface area contributed by atoms with Crippen LogP contribution in [0.15, 0.2) is 0 Å². The summed E-state index contributed by atoms with van der Waals surface area (Å²) in [6.07, 6.45) is 7.07. The lowest BCUT2D eigenvalue weighted by Gasteiger charge is -2.10. The molecule has 2 atom stereocenters. The molecule has 11 heavy (non-hydrogen) atoms. The number of hydrogen-bond acceptors (Lipinski definition) is 2. The maximum absolute atomic E-state index is 9.31. The normalized spacial score (nSPS) is 26.4. The van der Waals surface area contributed by atoms with Gasteiger partial charge in [-0.25, -0.2) is 0 Å². The third kappa shape index (κ3) is 2.92. The van der Waals surface area contributed by atoms with E-state index in [-0.39, 0.29) is 6.10 Å². The van der Waals surface area contributed by atoms with Gasteiger partial charge in [0.05, 0.1) is 6.10 Å². The molecule has 1 rings (SSSR count). The van der Waals surface area contributed by atoms with Crippen LogP contribution in [-0.2, 0) is 4.74 Å². The fourth-order valence-corrected chi connectivity index (χ4v) is 1.37. The van der Waals surface area contributed by atoms with Crippen molar-refractivity contribution in [1.29, 1.82) is 0 Å². The Morgan fingerprint density at radius 1 is 1.73 bits per heavy atom. The second-order valence-corrected chi connectivity index (χ2v) is 3.03. The molecule has 0 saturated carbocycles. The molecule has 1 N–H and O–H groups in total. The lowest BCUT2D eigenvalue weighted by molar-refractivity contribution is 0.132. The van der Waals surface area contributed by atoms with Gasteiger partial charge in [0.15, 0.2) is 0 Å². The molecule has 1 fully saturated rings. The lowest BCUT2D eigenvalue weighted by Crippen LogP contribution is -2.12. The Bertz CT molecular complexity index is 142. The van der Waals surface area contributed by atoms with Crippen LogP contribution in [0.4, 0.5) is 0 Å². The van der Waals surface area contributed by atoms with Gasteiger partial charge in [0.2, 0.25) is 0 Å². The molecule has 2 unspecified atom stereocenters. The van der Waals surface area contributed by atoms with Gasteiger partial charge in [0.1, 0.15) is 0 Å². The van der Waals surface area contributed by atoms with Crippen molar-refractivity contribution in [2.75, 3.05) is 13.2 Å². The lowest BCUT2D eigenvalue weighted by atomic mass is 9.99. The van der Waals surface area contributed by atoms with E-state index in [1.54, 1.807) is 0 Å². The average molecular weight is 154 g/mol. The van der Waals surface area contributed by atoms with Crippen LogP contribution in [0.2, 0.25) is 0 Å². The third-order valence-electron chi connectivity index (χ3n) is 1.98. The van der Waals surface area contributed by atoms with E-state index in [1.165, 1.54) is 0 Å². The van der Waals surface area contributed by atoms with Gasteiger partial charge in [-0.3, -0.25) is 0 Å². The smallest absolute Gasteiger partial charge is 0.0652 e. The van der Waals surface area contributed by atoms with Crippen molar-refractivity contribution in [3.8, 4) is 12.3 Å². The van der Waals surface area contributed by atoms with Crippen molar-refractivity contribution in [2.45, 2.75) is 25.4 Å². The predicted octanol–water partition coefficient (Wildman–Crippen LogP) is 0.797. The second kappa shape index (κ2) is 4.38. The first-order valence-electron chi connectivity index (χ1n) is 4.02. The maximum Gasteiger partial charge on any atom is 0.0652 e. The predicted molar refractivity (Wildman–Crippen MR) is 43.0 cm³/mol. The van der Waals surface area contributed by atoms with Gasteiger partial charge >= 0.3 is 0 Å². The maximum atomic E-state index is 9.31. The molecular formula is C9H14O2. The van der Waals surface area contributed by atoms with Crippen molar-refractivity contribution in [2.24, 2.45) is 5.92 Å². The summed E-state index contributed by atoms with van der Waals surface area (Å²) in [5.74, 6) is 2.98. The topological polar surface area (TPSA) is 29.5 Å². The molecule has 0 bridgehead atoms. The molecule has 1 heterocycles. The summed E-state index contributed by atoms with van der Waals surface area (Å²) < 4.78 is 5.17.